The molecule has 17 heavy (non-hydrogen) atoms. The lowest BCUT2D eigenvalue weighted by Gasteiger charge is -2.22. The average Bonchev–Trinajstić information content (AvgIpc) is 2.77. The van der Waals surface area contributed by atoms with E-state index >= 15 is 0 Å². The topological polar surface area (TPSA) is 25.2 Å². The number of furan rings is 1. The first-order valence-corrected chi connectivity index (χ1v) is 7.07. The number of hydrogen-bond acceptors (Lipinski definition) is 2. The van der Waals surface area contributed by atoms with E-state index in [2.05, 4.69) is 25.2 Å². The van der Waals surface area contributed by atoms with Crippen molar-refractivity contribution in [3.8, 4) is 0 Å². The molecule has 1 aliphatic carbocycles. The Morgan fingerprint density at radius 3 is 3.12 bits per heavy atom. The quantitative estimate of drug-likeness (QED) is 0.752. The van der Waals surface area contributed by atoms with Crippen LogP contribution in [-0.4, -0.2) is 6.54 Å². The molecule has 2 heteroatoms. The lowest BCUT2D eigenvalue weighted by molar-refractivity contribution is 0.405. The molecule has 1 N–H and O–H groups in total. The first-order valence-electron chi connectivity index (χ1n) is 7.07. The molecular weight excluding hydrogens is 210 g/mol. The predicted molar refractivity (Wildman–Crippen MR) is 71.1 cm³/mol. The van der Waals surface area contributed by atoms with Crippen LogP contribution in [0.2, 0.25) is 0 Å². The largest absolute Gasteiger partial charge is 0.469 e. The smallest absolute Gasteiger partial charge is 0.108 e. The molecule has 1 heterocycles. The molecule has 1 unspecified atom stereocenters. The first-order chi connectivity index (χ1) is 8.27. The summed E-state index contributed by atoms with van der Waals surface area (Å²) in [7, 11) is 0. The Labute approximate surface area is 105 Å². The Morgan fingerprint density at radius 2 is 2.29 bits per heavy atom. The van der Waals surface area contributed by atoms with Crippen molar-refractivity contribution < 1.29 is 4.42 Å². The molecule has 2 rings (SSSR count). The zero-order valence-electron chi connectivity index (χ0n) is 11.2. The fourth-order valence-corrected chi connectivity index (χ4v) is 2.65. The van der Waals surface area contributed by atoms with Crippen LogP contribution in [0.25, 0.3) is 0 Å². The van der Waals surface area contributed by atoms with Crippen LogP contribution in [0.1, 0.15) is 63.3 Å². The minimum Gasteiger partial charge on any atom is -0.469 e. The van der Waals surface area contributed by atoms with Gasteiger partial charge in [-0.25, -0.2) is 0 Å². The molecule has 0 radical (unpaired) electrons. The maximum atomic E-state index is 5.51. The predicted octanol–water partition coefficient (Wildman–Crippen LogP) is 4.07. The highest BCUT2D eigenvalue weighted by Gasteiger charge is 2.21. The maximum Gasteiger partial charge on any atom is 0.108 e. The molecule has 1 atom stereocenters. The van der Waals surface area contributed by atoms with Gasteiger partial charge in [0, 0.05) is 18.0 Å². The van der Waals surface area contributed by atoms with Gasteiger partial charge in [0.2, 0.25) is 0 Å². The molecule has 0 aromatic carbocycles. The standard InChI is InChI=1S/C15H25NO/c1-12(2)6-3-4-10-16-14-7-5-8-15-13(14)9-11-17-15/h9,11-12,14,16H,3-8,10H2,1-2H3. The lowest BCUT2D eigenvalue weighted by Crippen LogP contribution is -2.25. The highest BCUT2D eigenvalue weighted by molar-refractivity contribution is 5.23. The minimum atomic E-state index is 0.538. The van der Waals surface area contributed by atoms with Gasteiger partial charge >= 0.3 is 0 Å². The van der Waals surface area contributed by atoms with Crippen molar-refractivity contribution in [2.24, 2.45) is 5.92 Å². The number of unbranched alkanes of at least 4 members (excludes halogenated alkanes) is 1. The van der Waals surface area contributed by atoms with Crippen molar-refractivity contribution in [2.75, 3.05) is 6.54 Å². The summed E-state index contributed by atoms with van der Waals surface area (Å²) in [5.41, 5.74) is 1.40. The summed E-state index contributed by atoms with van der Waals surface area (Å²) in [6, 6.07) is 2.68. The van der Waals surface area contributed by atoms with Crippen LogP contribution in [-0.2, 0) is 6.42 Å². The van der Waals surface area contributed by atoms with E-state index in [-0.39, 0.29) is 0 Å². The Balaban J connectivity index is 1.71. The number of aryl methyl sites for hydroxylation is 1. The molecule has 1 aliphatic rings. The Hall–Kier alpha value is -0.760. The van der Waals surface area contributed by atoms with E-state index in [4.69, 9.17) is 4.42 Å². The highest BCUT2D eigenvalue weighted by Crippen LogP contribution is 2.30. The fourth-order valence-electron chi connectivity index (χ4n) is 2.65. The third-order valence-electron chi connectivity index (χ3n) is 3.65. The molecule has 0 saturated heterocycles. The number of nitrogens with one attached hydrogen (secondary N) is 1. The van der Waals surface area contributed by atoms with Gasteiger partial charge in [-0.1, -0.05) is 26.7 Å². The van der Waals surface area contributed by atoms with Gasteiger partial charge in [0.15, 0.2) is 0 Å². The van der Waals surface area contributed by atoms with Crippen molar-refractivity contribution in [1.82, 2.24) is 5.32 Å². The number of rotatable bonds is 6. The second-order valence-corrected chi connectivity index (χ2v) is 5.59. The van der Waals surface area contributed by atoms with Gasteiger partial charge in [-0.2, -0.15) is 0 Å². The number of hydrogen-bond donors (Lipinski definition) is 1. The Bertz CT molecular complexity index is 329. The summed E-state index contributed by atoms with van der Waals surface area (Å²) in [5, 5.41) is 3.68. The van der Waals surface area contributed by atoms with E-state index in [1.54, 1.807) is 0 Å². The van der Waals surface area contributed by atoms with Crippen LogP contribution in [0.4, 0.5) is 0 Å². The van der Waals surface area contributed by atoms with Gasteiger partial charge in [0.05, 0.1) is 6.26 Å². The van der Waals surface area contributed by atoms with Gasteiger partial charge < -0.3 is 9.73 Å². The molecule has 0 fully saturated rings. The summed E-state index contributed by atoms with van der Waals surface area (Å²) >= 11 is 0. The van der Waals surface area contributed by atoms with Gasteiger partial charge in [0.25, 0.3) is 0 Å². The highest BCUT2D eigenvalue weighted by atomic mass is 16.3. The van der Waals surface area contributed by atoms with Gasteiger partial charge in [-0.15, -0.1) is 0 Å². The first kappa shape index (κ1) is 12.7. The monoisotopic (exact) mass is 235 g/mol. The third-order valence-corrected chi connectivity index (χ3v) is 3.65. The molecule has 0 bridgehead atoms. The second kappa shape index (κ2) is 6.25. The van der Waals surface area contributed by atoms with Crippen molar-refractivity contribution in [3.63, 3.8) is 0 Å². The van der Waals surface area contributed by atoms with Crippen LogP contribution in [0, 0.1) is 5.92 Å². The molecule has 2 nitrogen and oxygen atoms in total. The summed E-state index contributed by atoms with van der Waals surface area (Å²) in [6.07, 6.45) is 9.46. The molecular formula is C15H25NO. The molecule has 0 saturated carbocycles. The zero-order chi connectivity index (χ0) is 12.1. The van der Waals surface area contributed by atoms with E-state index in [9.17, 15) is 0 Å². The van der Waals surface area contributed by atoms with E-state index in [0.717, 1.165) is 18.9 Å². The van der Waals surface area contributed by atoms with Crippen molar-refractivity contribution in [2.45, 2.75) is 58.4 Å². The molecule has 0 amide bonds. The number of fused-ring (bicyclic) bond motifs is 1. The Morgan fingerprint density at radius 1 is 1.41 bits per heavy atom. The SMILES string of the molecule is CC(C)CCCCNC1CCCc2occc21. The van der Waals surface area contributed by atoms with Gasteiger partial charge in [-0.3, -0.25) is 0 Å². The van der Waals surface area contributed by atoms with Crippen molar-refractivity contribution >= 4 is 0 Å². The molecule has 1 aromatic rings. The molecule has 1 aromatic heterocycles. The summed E-state index contributed by atoms with van der Waals surface area (Å²) in [5.74, 6) is 2.04. The van der Waals surface area contributed by atoms with Crippen molar-refractivity contribution in [1.29, 1.82) is 0 Å². The fraction of sp³-hybridized carbons (Fsp3) is 0.733. The van der Waals surface area contributed by atoms with E-state index in [1.807, 2.05) is 6.26 Å². The van der Waals surface area contributed by atoms with Gasteiger partial charge in [0.1, 0.15) is 5.76 Å². The average molecular weight is 235 g/mol. The second-order valence-electron chi connectivity index (χ2n) is 5.59. The minimum absolute atomic E-state index is 0.538. The zero-order valence-corrected chi connectivity index (χ0v) is 11.2. The molecule has 0 aliphatic heterocycles. The maximum absolute atomic E-state index is 5.51. The van der Waals surface area contributed by atoms with Crippen molar-refractivity contribution in [3.05, 3.63) is 23.7 Å². The van der Waals surface area contributed by atoms with E-state index in [1.165, 1.54) is 43.4 Å². The van der Waals surface area contributed by atoms with Gasteiger partial charge in [-0.05, 0) is 37.8 Å². The van der Waals surface area contributed by atoms with Crippen LogP contribution in [0.5, 0.6) is 0 Å². The van der Waals surface area contributed by atoms with Crippen LogP contribution >= 0.6 is 0 Å². The van der Waals surface area contributed by atoms with E-state index in [0.29, 0.717) is 6.04 Å². The Kier molecular flexibility index (Phi) is 4.66. The van der Waals surface area contributed by atoms with E-state index < -0.39 is 0 Å². The van der Waals surface area contributed by atoms with Crippen LogP contribution < -0.4 is 5.32 Å². The third kappa shape index (κ3) is 3.60. The summed E-state index contributed by atoms with van der Waals surface area (Å²) in [6.45, 7) is 5.74. The summed E-state index contributed by atoms with van der Waals surface area (Å²) < 4.78 is 5.51. The molecule has 0 spiro atoms. The lowest BCUT2D eigenvalue weighted by atomic mass is 9.93. The molecule has 96 valence electrons. The van der Waals surface area contributed by atoms with Crippen LogP contribution in [0.15, 0.2) is 16.7 Å². The summed E-state index contributed by atoms with van der Waals surface area (Å²) in [4.78, 5) is 0. The normalized spacial score (nSPS) is 19.6. The van der Waals surface area contributed by atoms with Crippen LogP contribution in [0.3, 0.4) is 0 Å².